The Labute approximate surface area is 171 Å². The zero-order valence-corrected chi connectivity index (χ0v) is 16.8. The number of carbonyl (C=O) groups excluding carboxylic acids is 2. The second-order valence-corrected chi connectivity index (χ2v) is 7.43. The van der Waals surface area contributed by atoms with Crippen LogP contribution in [-0.2, 0) is 36.8 Å². The molecular weight excluding hydrogens is 388 g/mol. The van der Waals surface area contributed by atoms with Crippen molar-refractivity contribution in [3.63, 3.8) is 0 Å². The summed E-state index contributed by atoms with van der Waals surface area (Å²) in [7, 11) is 3.16. The molecule has 1 aromatic carbocycles. The van der Waals surface area contributed by atoms with Crippen molar-refractivity contribution in [2.24, 2.45) is 14.1 Å². The van der Waals surface area contributed by atoms with E-state index in [1.165, 1.54) is 22.5 Å². The number of anilines is 1. The fourth-order valence-corrected chi connectivity index (χ4v) is 3.72. The summed E-state index contributed by atoms with van der Waals surface area (Å²) in [6.07, 6.45) is 2.88. The first-order valence-corrected chi connectivity index (χ1v) is 9.62. The van der Waals surface area contributed by atoms with Crippen molar-refractivity contribution >= 4 is 28.7 Å². The third-order valence-electron chi connectivity index (χ3n) is 5.26. The lowest BCUT2D eigenvalue weighted by molar-refractivity contribution is -0.128. The number of nitrogens with one attached hydrogen (secondary N) is 1. The second kappa shape index (κ2) is 7.62. The monoisotopic (exact) mass is 410 g/mol. The number of amides is 2. The Morgan fingerprint density at radius 1 is 1.20 bits per heavy atom. The van der Waals surface area contributed by atoms with Crippen LogP contribution in [0.1, 0.15) is 18.4 Å². The summed E-state index contributed by atoms with van der Waals surface area (Å²) in [4.78, 5) is 55.5. The maximum absolute atomic E-state index is 12.7. The quantitative estimate of drug-likeness (QED) is 0.646. The van der Waals surface area contributed by atoms with Gasteiger partial charge in [0.2, 0.25) is 11.8 Å². The van der Waals surface area contributed by atoms with Gasteiger partial charge in [-0.15, -0.1) is 0 Å². The van der Waals surface area contributed by atoms with Gasteiger partial charge < -0.3 is 14.8 Å². The van der Waals surface area contributed by atoms with Gasteiger partial charge in [-0.1, -0.05) is 12.1 Å². The van der Waals surface area contributed by atoms with Crippen LogP contribution in [0.4, 0.5) is 5.69 Å². The van der Waals surface area contributed by atoms with Crippen molar-refractivity contribution in [2.75, 3.05) is 11.9 Å². The molecule has 0 atom stereocenters. The number of benzene rings is 1. The lowest BCUT2D eigenvalue weighted by atomic mass is 10.2. The summed E-state index contributed by atoms with van der Waals surface area (Å²) in [5, 5.41) is 2.72. The summed E-state index contributed by atoms with van der Waals surface area (Å²) < 4.78 is 3.67. The van der Waals surface area contributed by atoms with Gasteiger partial charge in [0.05, 0.1) is 6.33 Å². The van der Waals surface area contributed by atoms with Crippen LogP contribution in [0.2, 0.25) is 0 Å². The predicted molar refractivity (Wildman–Crippen MR) is 110 cm³/mol. The molecule has 10 heteroatoms. The Bertz CT molecular complexity index is 1270. The smallest absolute Gasteiger partial charge is 0.332 e. The summed E-state index contributed by atoms with van der Waals surface area (Å²) in [6.45, 7) is 0.805. The van der Waals surface area contributed by atoms with Crippen LogP contribution >= 0.6 is 0 Å². The van der Waals surface area contributed by atoms with Crippen molar-refractivity contribution in [2.45, 2.75) is 25.9 Å². The van der Waals surface area contributed by atoms with Crippen LogP contribution in [0.3, 0.4) is 0 Å². The molecule has 156 valence electrons. The predicted octanol–water partition coefficient (Wildman–Crippen LogP) is 0.195. The average Bonchev–Trinajstić information content (AvgIpc) is 3.29. The molecule has 1 aliphatic rings. The molecule has 0 spiro atoms. The lowest BCUT2D eigenvalue weighted by Gasteiger charge is -2.16. The minimum absolute atomic E-state index is 0.130. The van der Waals surface area contributed by atoms with Crippen LogP contribution in [0.25, 0.3) is 11.2 Å². The van der Waals surface area contributed by atoms with E-state index in [9.17, 15) is 19.2 Å². The van der Waals surface area contributed by atoms with E-state index in [4.69, 9.17) is 0 Å². The fraction of sp³-hybridized carbons (Fsp3) is 0.350. The van der Waals surface area contributed by atoms with Gasteiger partial charge in [0, 0.05) is 39.3 Å². The van der Waals surface area contributed by atoms with E-state index >= 15 is 0 Å². The average molecular weight is 410 g/mol. The van der Waals surface area contributed by atoms with Crippen molar-refractivity contribution < 1.29 is 9.59 Å². The molecule has 0 saturated carbocycles. The molecule has 2 amide bonds. The normalized spacial score (nSPS) is 13.9. The van der Waals surface area contributed by atoms with Crippen LogP contribution in [0.15, 0.2) is 40.2 Å². The van der Waals surface area contributed by atoms with E-state index in [-0.39, 0.29) is 17.1 Å². The van der Waals surface area contributed by atoms with E-state index in [1.807, 2.05) is 6.07 Å². The van der Waals surface area contributed by atoms with Gasteiger partial charge in [-0.25, -0.2) is 14.3 Å². The number of nitrogens with zero attached hydrogens (tertiary/aromatic N) is 5. The Balaban J connectivity index is 1.54. The van der Waals surface area contributed by atoms with Crippen molar-refractivity contribution in [3.8, 4) is 0 Å². The molecule has 1 N–H and O–H groups in total. The molecule has 10 nitrogen and oxygen atoms in total. The van der Waals surface area contributed by atoms with E-state index in [0.29, 0.717) is 18.7 Å². The van der Waals surface area contributed by atoms with Gasteiger partial charge in [-0.2, -0.15) is 0 Å². The maximum atomic E-state index is 12.7. The first-order chi connectivity index (χ1) is 14.3. The largest absolute Gasteiger partial charge is 0.338 e. The molecule has 0 aliphatic carbocycles. The fourth-order valence-electron chi connectivity index (χ4n) is 3.72. The third kappa shape index (κ3) is 3.51. The summed E-state index contributed by atoms with van der Waals surface area (Å²) in [6, 6.07) is 7.18. The molecule has 1 fully saturated rings. The topological polar surface area (TPSA) is 111 Å². The molecule has 0 bridgehead atoms. The molecule has 4 rings (SSSR count). The number of hydrogen-bond acceptors (Lipinski definition) is 5. The first kappa shape index (κ1) is 19.6. The Hall–Kier alpha value is -3.69. The summed E-state index contributed by atoms with van der Waals surface area (Å²) >= 11 is 0. The zero-order valence-electron chi connectivity index (χ0n) is 16.8. The summed E-state index contributed by atoms with van der Waals surface area (Å²) in [5.74, 6) is -0.365. The molecule has 3 aromatic rings. The van der Waals surface area contributed by atoms with Crippen LogP contribution in [0, 0.1) is 0 Å². The number of imidazole rings is 1. The highest BCUT2D eigenvalue weighted by Gasteiger charge is 2.20. The molecule has 0 radical (unpaired) electrons. The molecular formula is C20H22N6O4. The van der Waals surface area contributed by atoms with Crippen LogP contribution in [-0.4, -0.2) is 41.9 Å². The Kier molecular flexibility index (Phi) is 4.98. The van der Waals surface area contributed by atoms with E-state index in [2.05, 4.69) is 10.3 Å². The maximum Gasteiger partial charge on any atom is 0.332 e. The molecule has 0 unspecified atom stereocenters. The minimum Gasteiger partial charge on any atom is -0.338 e. The number of carbonyl (C=O) groups is 2. The highest BCUT2D eigenvalue weighted by atomic mass is 16.2. The minimum atomic E-state index is -0.609. The number of aryl methyl sites for hydroxylation is 2. The number of rotatable bonds is 5. The van der Waals surface area contributed by atoms with Crippen molar-refractivity contribution in [3.05, 3.63) is 57.0 Å². The van der Waals surface area contributed by atoms with E-state index < -0.39 is 23.7 Å². The highest BCUT2D eigenvalue weighted by molar-refractivity contribution is 5.90. The molecule has 30 heavy (non-hydrogen) atoms. The molecule has 1 saturated heterocycles. The van der Waals surface area contributed by atoms with E-state index in [0.717, 1.165) is 23.1 Å². The SMILES string of the molecule is Cn1cnc2c1c(=O)n(CC(=O)Nc1cccc(CN3CCCC3=O)c1)c(=O)n2C. The standard InChI is InChI=1S/C20H22N6O4/c1-23-12-21-18-17(23)19(29)26(20(30)24(18)2)11-15(27)22-14-6-3-5-13(9-14)10-25-8-4-7-16(25)28/h3,5-6,9,12H,4,7-8,10-11H2,1-2H3,(H,22,27). The van der Waals surface area contributed by atoms with Gasteiger partial charge in [0.1, 0.15) is 6.54 Å². The third-order valence-corrected chi connectivity index (χ3v) is 5.26. The van der Waals surface area contributed by atoms with Gasteiger partial charge >= 0.3 is 5.69 Å². The number of aromatic nitrogens is 4. The van der Waals surface area contributed by atoms with Crippen molar-refractivity contribution in [1.29, 1.82) is 0 Å². The Morgan fingerprint density at radius 2 is 2.00 bits per heavy atom. The number of hydrogen-bond donors (Lipinski definition) is 1. The van der Waals surface area contributed by atoms with E-state index in [1.54, 1.807) is 30.1 Å². The first-order valence-electron chi connectivity index (χ1n) is 9.62. The molecule has 3 heterocycles. The van der Waals surface area contributed by atoms with Gasteiger partial charge in [0.15, 0.2) is 11.2 Å². The van der Waals surface area contributed by atoms with Crippen LogP contribution < -0.4 is 16.6 Å². The lowest BCUT2D eigenvalue weighted by Crippen LogP contribution is -2.42. The number of fused-ring (bicyclic) bond motifs is 1. The molecule has 2 aromatic heterocycles. The second-order valence-electron chi connectivity index (χ2n) is 7.43. The molecule has 1 aliphatic heterocycles. The number of likely N-dealkylation sites (tertiary alicyclic amines) is 1. The Morgan fingerprint density at radius 3 is 2.73 bits per heavy atom. The summed E-state index contributed by atoms with van der Waals surface area (Å²) in [5.41, 5.74) is 0.783. The van der Waals surface area contributed by atoms with Gasteiger partial charge in [-0.3, -0.25) is 19.0 Å². The van der Waals surface area contributed by atoms with Crippen LogP contribution in [0.5, 0.6) is 0 Å². The van der Waals surface area contributed by atoms with Gasteiger partial charge in [-0.05, 0) is 24.1 Å². The van der Waals surface area contributed by atoms with Gasteiger partial charge in [0.25, 0.3) is 5.56 Å². The van der Waals surface area contributed by atoms with Crippen molar-refractivity contribution in [1.82, 2.24) is 23.6 Å². The highest BCUT2D eigenvalue weighted by Crippen LogP contribution is 2.17. The zero-order chi connectivity index (χ0) is 21.4.